The maximum absolute atomic E-state index is 12.8. The third-order valence-electron chi connectivity index (χ3n) is 4.66. The van der Waals surface area contributed by atoms with Crippen molar-refractivity contribution >= 4 is 27.2 Å². The van der Waals surface area contributed by atoms with Crippen LogP contribution in [0, 0.1) is 5.41 Å². The molecule has 1 heterocycles. The average molecular weight is 326 g/mol. The number of sulfonamides is 1. The summed E-state index contributed by atoms with van der Waals surface area (Å²) in [6.45, 7) is 5.45. The molecule has 1 aromatic rings. The lowest BCUT2D eigenvalue weighted by Gasteiger charge is -2.26. The van der Waals surface area contributed by atoms with Crippen molar-refractivity contribution in [2.24, 2.45) is 11.1 Å². The van der Waals surface area contributed by atoms with Gasteiger partial charge in [0, 0.05) is 18.7 Å². The lowest BCUT2D eigenvalue weighted by Crippen LogP contribution is -2.32. The van der Waals surface area contributed by atoms with Gasteiger partial charge in [-0.2, -0.15) is 4.31 Å². The second-order valence-corrected chi connectivity index (χ2v) is 8.07. The van der Waals surface area contributed by atoms with Crippen LogP contribution in [0.15, 0.2) is 29.2 Å². The van der Waals surface area contributed by atoms with Gasteiger partial charge >= 0.3 is 0 Å². The summed E-state index contributed by atoms with van der Waals surface area (Å²) in [4.78, 5) is 0.487. The van der Waals surface area contributed by atoms with Gasteiger partial charge < -0.3 is 5.73 Å². The van der Waals surface area contributed by atoms with E-state index >= 15 is 0 Å². The van der Waals surface area contributed by atoms with Crippen LogP contribution < -0.4 is 5.73 Å². The largest absolute Gasteiger partial charge is 0.389 e. The fourth-order valence-corrected chi connectivity index (χ4v) is 4.61. The van der Waals surface area contributed by atoms with Crippen LogP contribution in [0.25, 0.3) is 0 Å². The second-order valence-electron chi connectivity index (χ2n) is 5.69. The number of nitrogens with zero attached hydrogens (tertiary/aromatic N) is 1. The van der Waals surface area contributed by atoms with Gasteiger partial charge in [-0.05, 0) is 36.8 Å². The molecule has 1 saturated heterocycles. The Morgan fingerprint density at radius 3 is 2.57 bits per heavy atom. The van der Waals surface area contributed by atoms with E-state index in [9.17, 15) is 8.42 Å². The Morgan fingerprint density at radius 1 is 1.38 bits per heavy atom. The van der Waals surface area contributed by atoms with Crippen LogP contribution in [0.4, 0.5) is 0 Å². The third-order valence-corrected chi connectivity index (χ3v) is 6.74. The normalized spacial score (nSPS) is 18.8. The van der Waals surface area contributed by atoms with Gasteiger partial charge in [0.25, 0.3) is 0 Å². The minimum Gasteiger partial charge on any atom is -0.389 e. The summed E-state index contributed by atoms with van der Waals surface area (Å²) < 4.78 is 27.1. The molecule has 0 saturated carbocycles. The topological polar surface area (TPSA) is 63.4 Å². The van der Waals surface area contributed by atoms with Crippen LogP contribution >= 0.6 is 12.2 Å². The van der Waals surface area contributed by atoms with Gasteiger partial charge in [-0.1, -0.05) is 38.2 Å². The highest BCUT2D eigenvalue weighted by Gasteiger charge is 2.40. The summed E-state index contributed by atoms with van der Waals surface area (Å²) >= 11 is 4.92. The van der Waals surface area contributed by atoms with Gasteiger partial charge in [0.1, 0.15) is 4.99 Å². The molecule has 2 N–H and O–H groups in total. The first-order chi connectivity index (χ1) is 9.84. The van der Waals surface area contributed by atoms with E-state index in [2.05, 4.69) is 13.8 Å². The molecule has 2 rings (SSSR count). The molecule has 21 heavy (non-hydrogen) atoms. The molecule has 0 spiro atoms. The van der Waals surface area contributed by atoms with Gasteiger partial charge in [-0.25, -0.2) is 8.42 Å². The highest BCUT2D eigenvalue weighted by Crippen LogP contribution is 2.39. The standard InChI is InChI=1S/C15H22N2O2S2/c1-3-15(4-2)8-9-17(11-15)21(18,19)13-7-5-6-12(10-13)14(16)20/h5-7,10H,3-4,8-9,11H2,1-2H3,(H2,16,20). The van der Waals surface area contributed by atoms with Gasteiger partial charge in [0.2, 0.25) is 10.0 Å². The summed E-state index contributed by atoms with van der Waals surface area (Å²) in [6.07, 6.45) is 2.93. The molecule has 1 aliphatic heterocycles. The van der Waals surface area contributed by atoms with Crippen LogP contribution in [0.2, 0.25) is 0 Å². The average Bonchev–Trinajstić information content (AvgIpc) is 2.93. The molecule has 0 radical (unpaired) electrons. The number of benzene rings is 1. The molecule has 0 atom stereocenters. The highest BCUT2D eigenvalue weighted by atomic mass is 32.2. The van der Waals surface area contributed by atoms with Crippen molar-refractivity contribution in [2.75, 3.05) is 13.1 Å². The Kier molecular flexibility index (Phi) is 4.70. The Balaban J connectivity index is 2.31. The Hall–Kier alpha value is -0.980. The molecular formula is C15H22N2O2S2. The number of thiocarbonyl (C=S) groups is 1. The van der Waals surface area contributed by atoms with Gasteiger partial charge in [0.15, 0.2) is 0 Å². The van der Waals surface area contributed by atoms with E-state index in [1.54, 1.807) is 28.6 Å². The predicted octanol–water partition coefficient (Wildman–Crippen LogP) is 2.52. The number of hydrogen-bond donors (Lipinski definition) is 1. The Labute approximate surface area is 132 Å². The fourth-order valence-electron chi connectivity index (χ4n) is 2.89. The van der Waals surface area contributed by atoms with Crippen molar-refractivity contribution in [1.29, 1.82) is 0 Å². The molecule has 0 aliphatic carbocycles. The maximum Gasteiger partial charge on any atom is 0.243 e. The van der Waals surface area contributed by atoms with Crippen LogP contribution in [0.1, 0.15) is 38.7 Å². The van der Waals surface area contributed by atoms with Crippen molar-refractivity contribution in [3.8, 4) is 0 Å². The zero-order valence-electron chi connectivity index (χ0n) is 12.5. The molecule has 1 aliphatic rings. The molecule has 116 valence electrons. The van der Waals surface area contributed by atoms with Gasteiger partial charge in [0.05, 0.1) is 4.90 Å². The van der Waals surface area contributed by atoms with E-state index in [1.807, 2.05) is 0 Å². The monoisotopic (exact) mass is 326 g/mol. The van der Waals surface area contributed by atoms with E-state index in [-0.39, 0.29) is 15.3 Å². The van der Waals surface area contributed by atoms with E-state index < -0.39 is 10.0 Å². The van der Waals surface area contributed by atoms with Crippen LogP contribution in [-0.4, -0.2) is 30.8 Å². The lowest BCUT2D eigenvalue weighted by atomic mass is 9.82. The van der Waals surface area contributed by atoms with E-state index in [1.165, 1.54) is 0 Å². The van der Waals surface area contributed by atoms with Crippen molar-refractivity contribution in [3.05, 3.63) is 29.8 Å². The van der Waals surface area contributed by atoms with Crippen molar-refractivity contribution in [2.45, 2.75) is 38.0 Å². The minimum absolute atomic E-state index is 0.119. The zero-order valence-corrected chi connectivity index (χ0v) is 14.1. The quantitative estimate of drug-likeness (QED) is 0.845. The molecule has 1 aromatic carbocycles. The number of rotatable bonds is 5. The van der Waals surface area contributed by atoms with Gasteiger partial charge in [-0.15, -0.1) is 0 Å². The third kappa shape index (κ3) is 3.12. The number of nitrogens with two attached hydrogens (primary N) is 1. The molecule has 1 fully saturated rings. The van der Waals surface area contributed by atoms with Crippen molar-refractivity contribution in [3.63, 3.8) is 0 Å². The molecule has 6 heteroatoms. The van der Waals surface area contributed by atoms with E-state index in [0.29, 0.717) is 18.7 Å². The molecule has 0 bridgehead atoms. The predicted molar refractivity (Wildman–Crippen MR) is 88.7 cm³/mol. The van der Waals surface area contributed by atoms with Crippen molar-refractivity contribution in [1.82, 2.24) is 4.31 Å². The fraction of sp³-hybridized carbons (Fsp3) is 0.533. The summed E-state index contributed by atoms with van der Waals surface area (Å²) in [5.41, 5.74) is 6.29. The first-order valence-corrected chi connectivity index (χ1v) is 9.09. The van der Waals surface area contributed by atoms with E-state index in [4.69, 9.17) is 18.0 Å². The lowest BCUT2D eigenvalue weighted by molar-refractivity contribution is 0.279. The Bertz CT molecular complexity index is 637. The van der Waals surface area contributed by atoms with E-state index in [0.717, 1.165) is 19.3 Å². The molecular weight excluding hydrogens is 304 g/mol. The van der Waals surface area contributed by atoms with Crippen LogP contribution in [0.5, 0.6) is 0 Å². The summed E-state index contributed by atoms with van der Waals surface area (Å²) in [6, 6.07) is 6.59. The first-order valence-electron chi connectivity index (χ1n) is 7.25. The summed E-state index contributed by atoms with van der Waals surface area (Å²) in [5.74, 6) is 0. The minimum atomic E-state index is -3.47. The summed E-state index contributed by atoms with van der Waals surface area (Å²) in [7, 11) is -3.47. The molecule has 4 nitrogen and oxygen atoms in total. The Morgan fingerprint density at radius 2 is 2.05 bits per heavy atom. The second kappa shape index (κ2) is 6.02. The van der Waals surface area contributed by atoms with Crippen molar-refractivity contribution < 1.29 is 8.42 Å². The van der Waals surface area contributed by atoms with Crippen LogP contribution in [0.3, 0.4) is 0 Å². The molecule has 0 unspecified atom stereocenters. The highest BCUT2D eigenvalue weighted by molar-refractivity contribution is 7.89. The van der Waals surface area contributed by atoms with Crippen LogP contribution in [-0.2, 0) is 10.0 Å². The first kappa shape index (κ1) is 16.4. The van der Waals surface area contributed by atoms with Gasteiger partial charge in [-0.3, -0.25) is 0 Å². The number of hydrogen-bond acceptors (Lipinski definition) is 3. The summed E-state index contributed by atoms with van der Waals surface area (Å²) in [5, 5.41) is 0. The smallest absolute Gasteiger partial charge is 0.243 e. The molecule has 0 amide bonds. The SMILES string of the molecule is CCC1(CC)CCN(S(=O)(=O)c2cccc(C(N)=S)c2)C1. The maximum atomic E-state index is 12.8. The zero-order chi connectivity index (χ0) is 15.7. The molecule has 0 aromatic heterocycles.